The molecule has 9 heteroatoms. The average Bonchev–Trinajstić information content (AvgIpc) is 2.68. The van der Waals surface area contributed by atoms with Gasteiger partial charge in [-0.1, -0.05) is 0 Å². The topological polar surface area (TPSA) is 103 Å². The predicted molar refractivity (Wildman–Crippen MR) is 116 cm³/mol. The highest BCUT2D eigenvalue weighted by atomic mass is 32.2. The lowest BCUT2D eigenvalue weighted by molar-refractivity contribution is 0.0377. The molecule has 0 heterocycles. The number of carbonyl (C=O) groups is 1. The quantitative estimate of drug-likeness (QED) is 0.549. The van der Waals surface area contributed by atoms with Crippen LogP contribution in [0.15, 0.2) is 47.4 Å². The third-order valence-corrected chi connectivity index (χ3v) is 5.43. The first kappa shape index (κ1) is 23.5. The maximum absolute atomic E-state index is 13.1. The van der Waals surface area contributed by atoms with E-state index in [-0.39, 0.29) is 22.6 Å². The monoisotopic (exact) mass is 436 g/mol. The smallest absolute Gasteiger partial charge is 0.338 e. The van der Waals surface area contributed by atoms with Crippen molar-refractivity contribution in [1.82, 2.24) is 0 Å². The molecule has 164 valence electrons. The number of rotatable bonds is 10. The predicted octanol–water partition coefficient (Wildman–Crippen LogP) is 3.51. The van der Waals surface area contributed by atoms with Gasteiger partial charge in [-0.05, 0) is 63.2 Å². The van der Waals surface area contributed by atoms with E-state index in [1.54, 1.807) is 51.3 Å². The van der Waals surface area contributed by atoms with E-state index in [4.69, 9.17) is 14.2 Å². The normalized spacial score (nSPS) is 12.3. The van der Waals surface area contributed by atoms with Gasteiger partial charge in [0.05, 0.1) is 31.1 Å². The van der Waals surface area contributed by atoms with Crippen molar-refractivity contribution in [3.63, 3.8) is 0 Å². The fraction of sp³-hybridized carbons (Fsp3) is 0.381. The Morgan fingerprint density at radius 3 is 2.27 bits per heavy atom. The second-order valence-corrected chi connectivity index (χ2v) is 8.65. The summed E-state index contributed by atoms with van der Waals surface area (Å²) in [7, 11) is -0.921. The van der Waals surface area contributed by atoms with Crippen LogP contribution in [0.1, 0.15) is 31.1 Å². The largest absolute Gasteiger partial charge is 0.497 e. The van der Waals surface area contributed by atoms with Gasteiger partial charge in [-0.2, -0.15) is 0 Å². The zero-order chi connectivity index (χ0) is 22.3. The SMILES string of the molecule is COCC(C)Nc1ccc(C(=O)OC(C)C)cc1S(=O)(=O)Nc1ccc(OC)cc1. The van der Waals surface area contributed by atoms with E-state index >= 15 is 0 Å². The van der Waals surface area contributed by atoms with Crippen LogP contribution >= 0.6 is 0 Å². The number of esters is 1. The third kappa shape index (κ3) is 6.36. The van der Waals surface area contributed by atoms with Crippen LogP contribution in [0.5, 0.6) is 5.75 Å². The summed E-state index contributed by atoms with van der Waals surface area (Å²) in [5.41, 5.74) is 0.854. The van der Waals surface area contributed by atoms with Crippen molar-refractivity contribution in [2.45, 2.75) is 37.8 Å². The summed E-state index contributed by atoms with van der Waals surface area (Å²) >= 11 is 0. The fourth-order valence-electron chi connectivity index (χ4n) is 2.70. The first-order chi connectivity index (χ1) is 14.2. The molecule has 2 N–H and O–H groups in total. The molecule has 0 saturated carbocycles. The lowest BCUT2D eigenvalue weighted by Crippen LogP contribution is -2.24. The molecule has 0 amide bonds. The van der Waals surface area contributed by atoms with E-state index in [9.17, 15) is 13.2 Å². The zero-order valence-electron chi connectivity index (χ0n) is 17.8. The second-order valence-electron chi connectivity index (χ2n) is 7.00. The van der Waals surface area contributed by atoms with Crippen molar-refractivity contribution in [2.24, 2.45) is 0 Å². The molecule has 0 spiro atoms. The number of ether oxygens (including phenoxy) is 3. The molecule has 8 nitrogen and oxygen atoms in total. The first-order valence-electron chi connectivity index (χ1n) is 9.43. The molecule has 1 atom stereocenters. The van der Waals surface area contributed by atoms with Crippen molar-refractivity contribution < 1.29 is 27.4 Å². The minimum Gasteiger partial charge on any atom is -0.497 e. The van der Waals surface area contributed by atoms with Crippen LogP contribution in [0.4, 0.5) is 11.4 Å². The van der Waals surface area contributed by atoms with E-state index < -0.39 is 16.0 Å². The Bertz CT molecular complexity index is 958. The van der Waals surface area contributed by atoms with E-state index in [1.165, 1.54) is 19.2 Å². The lowest BCUT2D eigenvalue weighted by Gasteiger charge is -2.19. The van der Waals surface area contributed by atoms with Gasteiger partial charge in [0.1, 0.15) is 10.6 Å². The number of sulfonamides is 1. The Labute approximate surface area is 177 Å². The summed E-state index contributed by atoms with van der Waals surface area (Å²) in [5, 5.41) is 3.11. The summed E-state index contributed by atoms with van der Waals surface area (Å²) < 4.78 is 44.2. The van der Waals surface area contributed by atoms with Gasteiger partial charge in [0.25, 0.3) is 10.0 Å². The summed E-state index contributed by atoms with van der Waals surface area (Å²) in [6, 6.07) is 10.7. The first-order valence-corrected chi connectivity index (χ1v) is 10.9. The Hall–Kier alpha value is -2.78. The number of hydrogen-bond donors (Lipinski definition) is 2. The van der Waals surface area contributed by atoms with E-state index in [2.05, 4.69) is 10.0 Å². The molecule has 0 saturated heterocycles. The highest BCUT2D eigenvalue weighted by molar-refractivity contribution is 7.92. The molecule has 0 aliphatic rings. The third-order valence-electron chi connectivity index (χ3n) is 4.01. The summed E-state index contributed by atoms with van der Waals surface area (Å²) in [4.78, 5) is 12.2. The summed E-state index contributed by atoms with van der Waals surface area (Å²) in [6.07, 6.45) is -0.325. The molecule has 0 aromatic heterocycles. The van der Waals surface area contributed by atoms with Gasteiger partial charge in [0.2, 0.25) is 0 Å². The number of benzene rings is 2. The van der Waals surface area contributed by atoms with E-state index in [1.807, 2.05) is 6.92 Å². The number of hydrogen-bond acceptors (Lipinski definition) is 7. The minimum absolute atomic E-state index is 0.0699. The molecule has 2 aromatic rings. The van der Waals surface area contributed by atoms with E-state index in [0.29, 0.717) is 23.7 Å². The van der Waals surface area contributed by atoms with Crippen LogP contribution in [-0.2, 0) is 19.5 Å². The van der Waals surface area contributed by atoms with Crippen molar-refractivity contribution >= 4 is 27.4 Å². The zero-order valence-corrected chi connectivity index (χ0v) is 18.6. The van der Waals surface area contributed by atoms with Crippen LogP contribution in [0.25, 0.3) is 0 Å². The van der Waals surface area contributed by atoms with Crippen LogP contribution in [-0.4, -0.2) is 47.4 Å². The highest BCUT2D eigenvalue weighted by Crippen LogP contribution is 2.27. The Morgan fingerprint density at radius 1 is 1.03 bits per heavy atom. The average molecular weight is 437 g/mol. The van der Waals surface area contributed by atoms with Gasteiger partial charge in [-0.25, -0.2) is 13.2 Å². The van der Waals surface area contributed by atoms with Crippen molar-refractivity contribution in [1.29, 1.82) is 0 Å². The fourth-order valence-corrected chi connectivity index (χ4v) is 3.95. The Kier molecular flexibility index (Phi) is 8.08. The minimum atomic E-state index is -4.01. The van der Waals surface area contributed by atoms with Crippen LogP contribution in [0, 0.1) is 0 Å². The van der Waals surface area contributed by atoms with E-state index in [0.717, 1.165) is 0 Å². The lowest BCUT2D eigenvalue weighted by atomic mass is 10.2. The molecule has 0 fully saturated rings. The maximum Gasteiger partial charge on any atom is 0.338 e. The highest BCUT2D eigenvalue weighted by Gasteiger charge is 2.23. The Balaban J connectivity index is 2.43. The van der Waals surface area contributed by atoms with Gasteiger partial charge in [0, 0.05) is 18.8 Å². The van der Waals surface area contributed by atoms with Crippen LogP contribution in [0.3, 0.4) is 0 Å². The van der Waals surface area contributed by atoms with Gasteiger partial charge in [-0.15, -0.1) is 0 Å². The standard InChI is InChI=1S/C21H28N2O6S/c1-14(2)29-21(24)16-6-11-19(22-15(3)13-27-4)20(12-16)30(25,26)23-17-7-9-18(28-5)10-8-17/h6-12,14-15,22-23H,13H2,1-5H3. The number of anilines is 2. The number of carbonyl (C=O) groups excluding carboxylic acids is 1. The molecule has 30 heavy (non-hydrogen) atoms. The van der Waals surface area contributed by atoms with Gasteiger partial charge >= 0.3 is 5.97 Å². The van der Waals surface area contributed by atoms with Crippen molar-refractivity contribution in [2.75, 3.05) is 30.9 Å². The molecule has 1 unspecified atom stereocenters. The van der Waals surface area contributed by atoms with Gasteiger partial charge < -0.3 is 19.5 Å². The van der Waals surface area contributed by atoms with Crippen molar-refractivity contribution in [3.05, 3.63) is 48.0 Å². The molecule has 0 radical (unpaired) electrons. The molecule has 2 aromatic carbocycles. The molecule has 0 aliphatic heterocycles. The molecule has 0 bridgehead atoms. The number of nitrogens with one attached hydrogen (secondary N) is 2. The molecular weight excluding hydrogens is 408 g/mol. The van der Waals surface area contributed by atoms with Crippen LogP contribution in [0.2, 0.25) is 0 Å². The second kappa shape index (κ2) is 10.3. The van der Waals surface area contributed by atoms with Crippen LogP contribution < -0.4 is 14.8 Å². The van der Waals surface area contributed by atoms with Gasteiger partial charge in [0.15, 0.2) is 0 Å². The molecular formula is C21H28N2O6S. The van der Waals surface area contributed by atoms with Gasteiger partial charge in [-0.3, -0.25) is 4.72 Å². The summed E-state index contributed by atoms with van der Waals surface area (Å²) in [6.45, 7) is 5.69. The Morgan fingerprint density at radius 2 is 1.70 bits per heavy atom. The maximum atomic E-state index is 13.1. The summed E-state index contributed by atoms with van der Waals surface area (Å²) in [5.74, 6) is 0.00881. The number of methoxy groups -OCH3 is 2. The molecule has 0 aliphatic carbocycles. The van der Waals surface area contributed by atoms with Crippen molar-refractivity contribution in [3.8, 4) is 5.75 Å². The molecule has 2 rings (SSSR count).